The molecule has 0 spiro atoms. The summed E-state index contributed by atoms with van der Waals surface area (Å²) in [6, 6.07) is 0. The summed E-state index contributed by atoms with van der Waals surface area (Å²) in [7, 11) is -9.91. The second-order valence-electron chi connectivity index (χ2n) is 27.6. The largest absolute Gasteiger partial charge is 0.472 e. The third-order valence-corrected chi connectivity index (χ3v) is 20.0. The Bertz CT molecular complexity index is 1820. The third kappa shape index (κ3) is 69.0. The van der Waals surface area contributed by atoms with Crippen LogP contribution in [-0.4, -0.2) is 96.7 Å². The van der Waals surface area contributed by atoms with Crippen molar-refractivity contribution >= 4 is 39.5 Å². The summed E-state index contributed by atoms with van der Waals surface area (Å²) >= 11 is 0. The second kappa shape index (κ2) is 69.2. The molecule has 0 aromatic rings. The predicted octanol–water partition coefficient (Wildman–Crippen LogP) is 22.5. The van der Waals surface area contributed by atoms with Crippen molar-refractivity contribution in [2.24, 2.45) is 5.92 Å². The minimum absolute atomic E-state index is 0.108. The van der Waals surface area contributed by atoms with Gasteiger partial charge >= 0.3 is 39.5 Å². The Morgan fingerprint density at radius 1 is 0.295 bits per heavy atom. The number of unbranched alkanes of at least 4 members (excludes halogenated alkanes) is 47. The number of phosphoric ester groups is 2. The normalized spacial score (nSPS) is 14.2. The van der Waals surface area contributed by atoms with Gasteiger partial charge in [-0.25, -0.2) is 9.13 Å². The number of ether oxygens (including phenoxy) is 4. The van der Waals surface area contributed by atoms with Gasteiger partial charge in [0.15, 0.2) is 12.2 Å². The van der Waals surface area contributed by atoms with Crippen LogP contribution in [0.15, 0.2) is 0 Å². The Labute approximate surface area is 581 Å². The van der Waals surface area contributed by atoms with Gasteiger partial charge in [-0.05, 0) is 31.6 Å². The monoisotopic (exact) mass is 1400 g/mol. The summed E-state index contributed by atoms with van der Waals surface area (Å²) in [5, 5.41) is 10.6. The number of rotatable bonds is 76. The zero-order valence-corrected chi connectivity index (χ0v) is 63.6. The summed E-state index contributed by atoms with van der Waals surface area (Å²) < 4.78 is 68.6. The van der Waals surface area contributed by atoms with Gasteiger partial charge in [0, 0.05) is 25.7 Å². The SMILES string of the molecule is CCCCCCCCCCCCCCCCCC(=O)O[C@H](COC(=O)CCCCCCCCCCCCCCCC)COP(=O)(O)OC[C@@H](O)COP(=O)(O)OC[C@@H](COC(=O)CCCCCCCCCCC(C)CC)OC(=O)CCCCCCCCCCCCCCCC. The maximum absolute atomic E-state index is 13.1. The highest BCUT2D eigenvalue weighted by atomic mass is 31.2. The molecule has 0 aliphatic rings. The molecule has 3 unspecified atom stereocenters. The number of esters is 4. The highest BCUT2D eigenvalue weighted by molar-refractivity contribution is 7.47. The molecule has 0 bridgehead atoms. The molecule has 0 saturated carbocycles. The van der Waals surface area contributed by atoms with Crippen LogP contribution < -0.4 is 0 Å². The molecule has 3 N–H and O–H groups in total. The zero-order valence-electron chi connectivity index (χ0n) is 61.8. The molecule has 19 heteroatoms. The summed E-state index contributed by atoms with van der Waals surface area (Å²) in [6.07, 6.45) is 58.0. The standard InChI is InChI=1S/C76H148O17P2/c1-6-10-13-16-19-22-25-28-31-34-37-40-47-52-57-62-76(81)92-71(65-86-73(78)59-54-49-44-38-35-32-29-26-23-20-17-14-11-7-2)67-90-94(82,83)88-63-70(77)64-89-95(84,85)91-68-72(66-87-74(79)60-55-50-45-42-41-43-48-53-58-69(5)9-4)93-75(80)61-56-51-46-39-36-33-30-27-24-21-18-15-12-8-3/h69-72,77H,6-68H2,1-5H3,(H,82,83)(H,84,85)/t69?,70-,71-,72-/m1/s1. The molecule has 0 aromatic heterocycles. The Hall–Kier alpha value is -1.94. The second-order valence-corrected chi connectivity index (χ2v) is 30.5. The molecular weight excluding hydrogens is 1250 g/mol. The Balaban J connectivity index is 5.27. The lowest BCUT2D eigenvalue weighted by atomic mass is 9.99. The number of hydrogen-bond donors (Lipinski definition) is 3. The Kier molecular flexibility index (Phi) is 67.7. The van der Waals surface area contributed by atoms with E-state index in [1.54, 1.807) is 0 Å². The van der Waals surface area contributed by atoms with Gasteiger partial charge in [-0.15, -0.1) is 0 Å². The molecule has 0 fully saturated rings. The van der Waals surface area contributed by atoms with Crippen LogP contribution in [0.2, 0.25) is 0 Å². The van der Waals surface area contributed by atoms with Crippen LogP contribution in [0.4, 0.5) is 0 Å². The molecule has 564 valence electrons. The summed E-state index contributed by atoms with van der Waals surface area (Å²) in [5.41, 5.74) is 0. The van der Waals surface area contributed by atoms with Crippen molar-refractivity contribution in [3.05, 3.63) is 0 Å². The fourth-order valence-corrected chi connectivity index (χ4v) is 13.3. The van der Waals surface area contributed by atoms with Gasteiger partial charge < -0.3 is 33.8 Å². The van der Waals surface area contributed by atoms with Crippen LogP contribution in [0, 0.1) is 5.92 Å². The third-order valence-electron chi connectivity index (χ3n) is 18.1. The van der Waals surface area contributed by atoms with E-state index in [4.69, 9.17) is 37.0 Å². The summed E-state index contributed by atoms with van der Waals surface area (Å²) in [4.78, 5) is 72.9. The highest BCUT2D eigenvalue weighted by Gasteiger charge is 2.30. The van der Waals surface area contributed by atoms with E-state index in [1.807, 2.05) is 0 Å². The number of carbonyl (C=O) groups excluding carboxylic acids is 4. The van der Waals surface area contributed by atoms with Crippen LogP contribution >= 0.6 is 15.6 Å². The Morgan fingerprint density at radius 3 is 0.747 bits per heavy atom. The molecule has 0 rings (SSSR count). The number of hydrogen-bond acceptors (Lipinski definition) is 15. The molecule has 0 heterocycles. The van der Waals surface area contributed by atoms with Crippen LogP contribution in [0.25, 0.3) is 0 Å². The van der Waals surface area contributed by atoms with E-state index < -0.39 is 97.5 Å². The molecule has 0 aromatic carbocycles. The predicted molar refractivity (Wildman–Crippen MR) is 386 cm³/mol. The van der Waals surface area contributed by atoms with Gasteiger partial charge in [0.2, 0.25) is 0 Å². The number of aliphatic hydroxyl groups excluding tert-OH is 1. The van der Waals surface area contributed by atoms with Gasteiger partial charge in [-0.1, -0.05) is 349 Å². The van der Waals surface area contributed by atoms with Gasteiger partial charge in [0.05, 0.1) is 26.4 Å². The average molecular weight is 1400 g/mol. The van der Waals surface area contributed by atoms with Crippen LogP contribution in [0.1, 0.15) is 401 Å². The topological polar surface area (TPSA) is 237 Å². The van der Waals surface area contributed by atoms with E-state index >= 15 is 0 Å². The quantitative estimate of drug-likeness (QED) is 0.0222. The molecule has 0 amide bonds. The van der Waals surface area contributed by atoms with E-state index in [2.05, 4.69) is 34.6 Å². The number of aliphatic hydroxyl groups is 1. The van der Waals surface area contributed by atoms with E-state index in [0.29, 0.717) is 25.7 Å². The van der Waals surface area contributed by atoms with Crippen LogP contribution in [0.5, 0.6) is 0 Å². The van der Waals surface area contributed by atoms with Gasteiger partial charge in [0.25, 0.3) is 0 Å². The molecular formula is C76H148O17P2. The number of phosphoric acid groups is 2. The highest BCUT2D eigenvalue weighted by Crippen LogP contribution is 2.45. The van der Waals surface area contributed by atoms with Crippen molar-refractivity contribution in [2.45, 2.75) is 419 Å². The van der Waals surface area contributed by atoms with Crippen molar-refractivity contribution in [3.63, 3.8) is 0 Å². The first kappa shape index (κ1) is 93.1. The number of carbonyl (C=O) groups is 4. The van der Waals surface area contributed by atoms with Gasteiger partial charge in [-0.2, -0.15) is 0 Å². The van der Waals surface area contributed by atoms with Crippen molar-refractivity contribution in [1.29, 1.82) is 0 Å². The van der Waals surface area contributed by atoms with Crippen molar-refractivity contribution in [3.8, 4) is 0 Å². The molecule has 0 aliphatic carbocycles. The molecule has 0 aliphatic heterocycles. The molecule has 17 nitrogen and oxygen atoms in total. The van der Waals surface area contributed by atoms with Gasteiger partial charge in [-0.3, -0.25) is 37.3 Å². The fourth-order valence-electron chi connectivity index (χ4n) is 11.7. The fraction of sp³-hybridized carbons (Fsp3) is 0.947. The molecule has 0 saturated heterocycles. The van der Waals surface area contributed by atoms with Crippen LogP contribution in [0.3, 0.4) is 0 Å². The lowest BCUT2D eigenvalue weighted by Gasteiger charge is -2.21. The zero-order chi connectivity index (χ0) is 69.8. The van der Waals surface area contributed by atoms with E-state index in [1.165, 1.54) is 225 Å². The summed E-state index contributed by atoms with van der Waals surface area (Å²) in [5.74, 6) is -1.33. The van der Waals surface area contributed by atoms with Crippen molar-refractivity contribution in [2.75, 3.05) is 39.6 Å². The molecule has 0 radical (unpaired) electrons. The lowest BCUT2D eigenvalue weighted by Crippen LogP contribution is -2.30. The van der Waals surface area contributed by atoms with Gasteiger partial charge in [0.1, 0.15) is 19.3 Å². The first-order valence-corrected chi connectivity index (χ1v) is 42.7. The molecule has 6 atom stereocenters. The van der Waals surface area contributed by atoms with Crippen molar-refractivity contribution in [1.82, 2.24) is 0 Å². The summed E-state index contributed by atoms with van der Waals surface area (Å²) in [6.45, 7) is 7.31. The van der Waals surface area contributed by atoms with Crippen molar-refractivity contribution < 1.29 is 80.2 Å². The van der Waals surface area contributed by atoms with E-state index in [0.717, 1.165) is 95.8 Å². The van der Waals surface area contributed by atoms with E-state index in [-0.39, 0.29) is 25.7 Å². The van der Waals surface area contributed by atoms with E-state index in [9.17, 15) is 43.2 Å². The smallest absolute Gasteiger partial charge is 0.462 e. The first-order chi connectivity index (χ1) is 46.1. The minimum atomic E-state index is -4.96. The first-order valence-electron chi connectivity index (χ1n) is 39.7. The average Bonchev–Trinajstić information content (AvgIpc) is 1.71. The maximum Gasteiger partial charge on any atom is 0.472 e. The lowest BCUT2D eigenvalue weighted by molar-refractivity contribution is -0.161. The molecule has 95 heavy (non-hydrogen) atoms. The maximum atomic E-state index is 13.1. The Morgan fingerprint density at radius 2 is 0.505 bits per heavy atom. The van der Waals surface area contributed by atoms with Crippen LogP contribution in [-0.2, 0) is 65.4 Å². The minimum Gasteiger partial charge on any atom is -0.462 e.